The quantitative estimate of drug-likeness (QED) is 0.844. The summed E-state index contributed by atoms with van der Waals surface area (Å²) in [6.45, 7) is 5.48. The van der Waals surface area contributed by atoms with E-state index in [4.69, 9.17) is 12.2 Å². The number of rotatable bonds is 4. The Morgan fingerprint density at radius 2 is 2.00 bits per heavy atom. The summed E-state index contributed by atoms with van der Waals surface area (Å²) in [5, 5.41) is 0. The van der Waals surface area contributed by atoms with E-state index in [-0.39, 0.29) is 0 Å². The van der Waals surface area contributed by atoms with Crippen molar-refractivity contribution in [2.45, 2.75) is 57.5 Å². The van der Waals surface area contributed by atoms with Gasteiger partial charge in [0.15, 0.2) is 4.77 Å². The second-order valence-corrected chi connectivity index (χ2v) is 6.47. The van der Waals surface area contributed by atoms with Crippen molar-refractivity contribution in [2.75, 3.05) is 14.1 Å². The molecule has 1 aromatic rings. The van der Waals surface area contributed by atoms with Gasteiger partial charge in [0.1, 0.15) is 0 Å². The third kappa shape index (κ3) is 2.41. The van der Waals surface area contributed by atoms with Crippen molar-refractivity contribution in [1.82, 2.24) is 14.5 Å². The van der Waals surface area contributed by atoms with Crippen molar-refractivity contribution in [3.8, 4) is 0 Å². The van der Waals surface area contributed by atoms with Gasteiger partial charge >= 0.3 is 0 Å². The molecule has 0 radical (unpaired) electrons. The minimum Gasteiger partial charge on any atom is -0.337 e. The van der Waals surface area contributed by atoms with Gasteiger partial charge in [-0.05, 0) is 45.1 Å². The first kappa shape index (κ1) is 13.8. The molecule has 0 unspecified atom stereocenters. The van der Waals surface area contributed by atoms with Crippen molar-refractivity contribution < 1.29 is 0 Å². The van der Waals surface area contributed by atoms with Crippen LogP contribution < -0.4 is 0 Å². The van der Waals surface area contributed by atoms with Gasteiger partial charge in [-0.2, -0.15) is 0 Å². The van der Waals surface area contributed by atoms with Crippen molar-refractivity contribution in [1.29, 1.82) is 0 Å². The summed E-state index contributed by atoms with van der Waals surface area (Å²) in [5.74, 6) is 0.513. The second kappa shape index (κ2) is 5.17. The molecule has 1 N–H and O–H groups in total. The molecule has 0 saturated heterocycles. The SMILES string of the molecule is CC(C)c1c[nH]c(=S)n1CC1(N(C)C)CCCC1. The Morgan fingerprint density at radius 3 is 2.50 bits per heavy atom. The second-order valence-electron chi connectivity index (χ2n) is 6.09. The molecule has 1 aromatic heterocycles. The molecule has 102 valence electrons. The summed E-state index contributed by atoms with van der Waals surface area (Å²) in [6.07, 6.45) is 7.32. The van der Waals surface area contributed by atoms with Crippen LogP contribution in [-0.2, 0) is 6.54 Å². The number of aromatic amines is 1. The van der Waals surface area contributed by atoms with Crippen LogP contribution in [0.5, 0.6) is 0 Å². The van der Waals surface area contributed by atoms with E-state index >= 15 is 0 Å². The Balaban J connectivity index is 2.32. The molecule has 4 heteroatoms. The Labute approximate surface area is 115 Å². The zero-order valence-electron chi connectivity index (χ0n) is 12.0. The van der Waals surface area contributed by atoms with E-state index in [0.29, 0.717) is 11.5 Å². The van der Waals surface area contributed by atoms with Gasteiger partial charge in [0, 0.05) is 24.0 Å². The van der Waals surface area contributed by atoms with Gasteiger partial charge < -0.3 is 14.5 Å². The van der Waals surface area contributed by atoms with Crippen LogP contribution in [-0.4, -0.2) is 34.1 Å². The van der Waals surface area contributed by atoms with Crippen LogP contribution >= 0.6 is 12.2 Å². The number of hydrogen-bond acceptors (Lipinski definition) is 2. The highest BCUT2D eigenvalue weighted by Gasteiger charge is 2.36. The van der Waals surface area contributed by atoms with E-state index < -0.39 is 0 Å². The standard InChI is InChI=1S/C14H25N3S/c1-11(2)12-9-15-13(18)17(12)10-14(16(3)4)7-5-6-8-14/h9,11H,5-8,10H2,1-4H3,(H,15,18). The Hall–Kier alpha value is -0.610. The lowest BCUT2D eigenvalue weighted by atomic mass is 9.95. The van der Waals surface area contributed by atoms with Crippen LogP contribution in [0.25, 0.3) is 0 Å². The fourth-order valence-electron chi connectivity index (χ4n) is 3.12. The summed E-state index contributed by atoms with van der Waals surface area (Å²) >= 11 is 5.45. The number of aromatic nitrogens is 2. The molecule has 1 aliphatic carbocycles. The number of likely N-dealkylation sites (N-methyl/N-ethyl adjacent to an activating group) is 1. The highest BCUT2D eigenvalue weighted by Crippen LogP contribution is 2.36. The molecule has 18 heavy (non-hydrogen) atoms. The van der Waals surface area contributed by atoms with Gasteiger partial charge in [-0.25, -0.2) is 0 Å². The number of H-pyrrole nitrogens is 1. The molecule has 1 aliphatic rings. The number of nitrogens with one attached hydrogen (secondary N) is 1. The van der Waals surface area contributed by atoms with E-state index in [1.807, 2.05) is 0 Å². The molecule has 1 saturated carbocycles. The van der Waals surface area contributed by atoms with Crippen molar-refractivity contribution in [3.05, 3.63) is 16.7 Å². The predicted octanol–water partition coefficient (Wildman–Crippen LogP) is 3.54. The van der Waals surface area contributed by atoms with Crippen molar-refractivity contribution in [3.63, 3.8) is 0 Å². The highest BCUT2D eigenvalue weighted by molar-refractivity contribution is 7.71. The largest absolute Gasteiger partial charge is 0.337 e. The normalized spacial score (nSPS) is 19.0. The molecule has 0 bridgehead atoms. The number of hydrogen-bond donors (Lipinski definition) is 1. The average molecular weight is 267 g/mol. The summed E-state index contributed by atoms with van der Waals surface area (Å²) in [7, 11) is 4.41. The Kier molecular flexibility index (Phi) is 3.97. The third-order valence-corrected chi connectivity index (χ3v) is 4.77. The molecule has 0 atom stereocenters. The molecule has 2 rings (SSSR count). The lowest BCUT2D eigenvalue weighted by molar-refractivity contribution is 0.132. The minimum absolute atomic E-state index is 0.296. The first-order valence-electron chi connectivity index (χ1n) is 6.92. The maximum absolute atomic E-state index is 5.45. The summed E-state index contributed by atoms with van der Waals surface area (Å²) in [6, 6.07) is 0. The Bertz CT molecular complexity index is 450. The van der Waals surface area contributed by atoms with Gasteiger partial charge in [0.05, 0.1) is 0 Å². The van der Waals surface area contributed by atoms with Crippen LogP contribution in [0.1, 0.15) is 51.1 Å². The Morgan fingerprint density at radius 1 is 1.39 bits per heavy atom. The zero-order valence-corrected chi connectivity index (χ0v) is 12.8. The van der Waals surface area contributed by atoms with E-state index in [2.05, 4.69) is 48.6 Å². The summed E-state index contributed by atoms with van der Waals surface area (Å²) < 4.78 is 3.18. The summed E-state index contributed by atoms with van der Waals surface area (Å²) in [5.41, 5.74) is 1.62. The van der Waals surface area contributed by atoms with Gasteiger partial charge in [-0.1, -0.05) is 26.7 Å². The minimum atomic E-state index is 0.296. The monoisotopic (exact) mass is 267 g/mol. The first-order chi connectivity index (χ1) is 8.46. The van der Waals surface area contributed by atoms with Gasteiger partial charge in [0.2, 0.25) is 0 Å². The number of nitrogens with zero attached hydrogens (tertiary/aromatic N) is 2. The zero-order chi connectivity index (χ0) is 13.3. The topological polar surface area (TPSA) is 24.0 Å². The van der Waals surface area contributed by atoms with Gasteiger partial charge in [-0.3, -0.25) is 0 Å². The fourth-order valence-corrected chi connectivity index (χ4v) is 3.35. The predicted molar refractivity (Wildman–Crippen MR) is 78.6 cm³/mol. The fraction of sp³-hybridized carbons (Fsp3) is 0.786. The van der Waals surface area contributed by atoms with Crippen molar-refractivity contribution >= 4 is 12.2 Å². The van der Waals surface area contributed by atoms with Crippen LogP contribution in [0.15, 0.2) is 6.20 Å². The van der Waals surface area contributed by atoms with E-state index in [1.54, 1.807) is 0 Å². The maximum Gasteiger partial charge on any atom is 0.177 e. The highest BCUT2D eigenvalue weighted by atomic mass is 32.1. The van der Waals surface area contributed by atoms with Gasteiger partial charge in [0.25, 0.3) is 0 Å². The van der Waals surface area contributed by atoms with Crippen LogP contribution in [0.2, 0.25) is 0 Å². The molecule has 0 aliphatic heterocycles. The molecule has 0 aromatic carbocycles. The molecule has 0 amide bonds. The smallest absolute Gasteiger partial charge is 0.177 e. The average Bonchev–Trinajstić information content (AvgIpc) is 2.88. The van der Waals surface area contributed by atoms with Gasteiger partial charge in [-0.15, -0.1) is 0 Å². The molecule has 1 fully saturated rings. The lowest BCUT2D eigenvalue weighted by Gasteiger charge is -2.37. The number of imidazole rings is 1. The van der Waals surface area contributed by atoms with E-state index in [9.17, 15) is 0 Å². The van der Waals surface area contributed by atoms with Crippen LogP contribution in [0, 0.1) is 4.77 Å². The molecular weight excluding hydrogens is 242 g/mol. The molecule has 1 heterocycles. The van der Waals surface area contributed by atoms with Crippen LogP contribution in [0.4, 0.5) is 0 Å². The molecular formula is C14H25N3S. The molecule has 3 nitrogen and oxygen atoms in total. The van der Waals surface area contributed by atoms with Crippen LogP contribution in [0.3, 0.4) is 0 Å². The third-order valence-electron chi connectivity index (χ3n) is 4.43. The first-order valence-corrected chi connectivity index (χ1v) is 7.33. The molecule has 0 spiro atoms. The lowest BCUT2D eigenvalue weighted by Crippen LogP contribution is -2.45. The van der Waals surface area contributed by atoms with Crippen molar-refractivity contribution in [2.24, 2.45) is 0 Å². The van der Waals surface area contributed by atoms with E-state index in [0.717, 1.165) is 11.3 Å². The summed E-state index contributed by atoms with van der Waals surface area (Å²) in [4.78, 5) is 5.61. The maximum atomic E-state index is 5.45. The van der Waals surface area contributed by atoms with E-state index in [1.165, 1.54) is 31.4 Å².